The van der Waals surface area contributed by atoms with Gasteiger partial charge in [0, 0.05) is 12.8 Å². The third-order valence-electron chi connectivity index (χ3n) is 19.3. The van der Waals surface area contributed by atoms with Gasteiger partial charge in [0.2, 0.25) is 0 Å². The molecule has 10 heteroatoms. The van der Waals surface area contributed by atoms with Crippen LogP contribution in [-0.4, -0.2) is 70.0 Å². The molecule has 0 fully saturated rings. The summed E-state index contributed by atoms with van der Waals surface area (Å²) >= 11 is 0. The molecule has 2 atom stereocenters. The maximum absolute atomic E-state index is 12.9. The van der Waals surface area contributed by atoms with Gasteiger partial charge in [-0.25, -0.2) is 0 Å². The zero-order valence-electron chi connectivity index (χ0n) is 67.8. The van der Waals surface area contributed by atoms with Gasteiger partial charge in [-0.1, -0.05) is 425 Å². The normalized spacial score (nSPS) is 13.5. The second-order valence-electron chi connectivity index (χ2n) is 30.5. The molecule has 0 N–H and O–H groups in total. The molecule has 0 aliphatic heterocycles. The van der Waals surface area contributed by atoms with E-state index in [-0.39, 0.29) is 32.0 Å². The zero-order valence-corrected chi connectivity index (χ0v) is 68.7. The summed E-state index contributed by atoms with van der Waals surface area (Å²) in [5.41, 5.74) is 0. The summed E-state index contributed by atoms with van der Waals surface area (Å²) in [4.78, 5) is 38.2. The van der Waals surface area contributed by atoms with Gasteiger partial charge in [0.1, 0.15) is 19.8 Å². The van der Waals surface area contributed by atoms with E-state index in [4.69, 9.17) is 18.5 Å². The Hall–Kier alpha value is -3.33. The largest absolute Gasteiger partial charge is 0.756 e. The Morgan fingerprint density at radius 3 is 0.833 bits per heavy atom. The predicted octanol–water partition coefficient (Wildman–Crippen LogP) is 28.9. The van der Waals surface area contributed by atoms with Crippen molar-refractivity contribution in [2.45, 2.75) is 418 Å². The van der Waals surface area contributed by atoms with Gasteiger partial charge in [0.15, 0.2) is 6.10 Å². The number of phosphoric ester groups is 1. The molecule has 0 heterocycles. The number of unbranched alkanes of at least 4 members (excludes halogenated alkanes) is 49. The molecule has 0 aromatic rings. The highest BCUT2D eigenvalue weighted by Gasteiger charge is 2.22. The summed E-state index contributed by atoms with van der Waals surface area (Å²) in [6.45, 7) is 4.18. The summed E-state index contributed by atoms with van der Waals surface area (Å²) in [5, 5.41) is 0. The van der Waals surface area contributed by atoms with Crippen LogP contribution in [0.15, 0.2) is 109 Å². The molecule has 0 saturated carbocycles. The van der Waals surface area contributed by atoms with Crippen molar-refractivity contribution >= 4 is 19.8 Å². The third kappa shape index (κ3) is 85.6. The van der Waals surface area contributed by atoms with Crippen molar-refractivity contribution < 1.29 is 42.1 Å². The number of rotatable bonds is 81. The van der Waals surface area contributed by atoms with Crippen LogP contribution in [-0.2, 0) is 32.7 Å². The number of quaternary nitrogens is 1. The highest BCUT2D eigenvalue weighted by Crippen LogP contribution is 2.38. The first-order valence-corrected chi connectivity index (χ1v) is 45.1. The maximum Gasteiger partial charge on any atom is 0.306 e. The monoisotopic (exact) mass is 1440 g/mol. The number of ether oxygens (including phenoxy) is 2. The fourth-order valence-electron chi connectivity index (χ4n) is 12.7. The molecule has 0 bridgehead atoms. The van der Waals surface area contributed by atoms with Crippen molar-refractivity contribution in [3.05, 3.63) is 109 Å². The smallest absolute Gasteiger partial charge is 0.306 e. The highest BCUT2D eigenvalue weighted by molar-refractivity contribution is 7.45. The number of carbonyl (C=O) groups excluding carboxylic acids is 2. The predicted molar refractivity (Wildman–Crippen MR) is 443 cm³/mol. The number of carbonyl (C=O) groups is 2. The van der Waals surface area contributed by atoms with E-state index >= 15 is 0 Å². The van der Waals surface area contributed by atoms with E-state index in [0.717, 1.165) is 96.3 Å². The van der Waals surface area contributed by atoms with E-state index in [2.05, 4.69) is 123 Å². The summed E-state index contributed by atoms with van der Waals surface area (Å²) < 4.78 is 34.5. The van der Waals surface area contributed by atoms with Crippen LogP contribution in [0.4, 0.5) is 0 Å². The van der Waals surface area contributed by atoms with Crippen LogP contribution < -0.4 is 4.89 Å². The van der Waals surface area contributed by atoms with Gasteiger partial charge in [-0.05, 0) is 83.5 Å². The summed E-state index contributed by atoms with van der Waals surface area (Å²) in [6, 6.07) is 0. The molecule has 0 amide bonds. The van der Waals surface area contributed by atoms with Gasteiger partial charge in [0.05, 0.1) is 27.7 Å². The van der Waals surface area contributed by atoms with E-state index in [1.54, 1.807) is 0 Å². The van der Waals surface area contributed by atoms with Crippen LogP contribution in [0.2, 0.25) is 0 Å². The van der Waals surface area contributed by atoms with E-state index in [1.807, 2.05) is 21.1 Å². The minimum Gasteiger partial charge on any atom is -0.756 e. The highest BCUT2D eigenvalue weighted by atomic mass is 31.2. The maximum atomic E-state index is 12.9. The van der Waals surface area contributed by atoms with Crippen molar-refractivity contribution in [2.24, 2.45) is 0 Å². The Labute approximate surface area is 633 Å². The van der Waals surface area contributed by atoms with Crippen LogP contribution >= 0.6 is 7.82 Å². The standard InChI is InChI=1S/C92H166NO8P/c1-6-8-10-12-14-16-18-20-22-24-26-28-30-32-34-36-38-40-42-44-45-46-47-49-51-53-55-57-59-61-63-65-67-69-71-73-75-77-79-81-83-85-92(95)101-90(89-100-102(96,97)99-87-86-93(3,4)5)88-98-91(94)84-82-80-78-76-74-72-70-68-66-64-62-60-58-56-54-52-50-48-43-41-39-37-35-33-31-29-27-25-23-21-19-17-15-13-11-9-7-2/h8,10,14,16,20,22,26,28,32,34,38,40,44-45,47,49,53,55,90H,6-7,9,11-13,15,17-19,21,23-25,27,29-31,33,35-37,39,41-43,46,48,50-52,54,56-89H2,1-5H3/b10-8-,16-14-,22-20-,28-26-,34-32-,40-38-,45-44-,49-47-,55-53-. The number of esters is 2. The van der Waals surface area contributed by atoms with Gasteiger partial charge in [-0.3, -0.25) is 14.2 Å². The van der Waals surface area contributed by atoms with E-state index in [1.165, 1.54) is 283 Å². The molecule has 0 radical (unpaired) electrons. The Morgan fingerprint density at radius 1 is 0.314 bits per heavy atom. The fourth-order valence-corrected chi connectivity index (χ4v) is 13.4. The third-order valence-corrected chi connectivity index (χ3v) is 20.3. The Kier molecular flexibility index (Phi) is 79.1. The molecule has 0 aliphatic rings. The molecular formula is C92H166NO8P. The lowest BCUT2D eigenvalue weighted by atomic mass is 10.0. The molecule has 0 rings (SSSR count). The van der Waals surface area contributed by atoms with Gasteiger partial charge in [-0.2, -0.15) is 0 Å². The molecule has 0 saturated heterocycles. The molecule has 2 unspecified atom stereocenters. The number of nitrogens with zero attached hydrogens (tertiary/aromatic N) is 1. The first-order chi connectivity index (χ1) is 50.0. The number of likely N-dealkylation sites (N-methyl/N-ethyl adjacent to an activating group) is 1. The second kappa shape index (κ2) is 81.7. The summed E-state index contributed by atoms with van der Waals surface area (Å²) in [5.74, 6) is -0.819. The van der Waals surface area contributed by atoms with Crippen molar-refractivity contribution in [1.82, 2.24) is 0 Å². The van der Waals surface area contributed by atoms with E-state index in [9.17, 15) is 19.0 Å². The molecular weight excluding hydrogens is 1280 g/mol. The Morgan fingerprint density at radius 2 is 0.559 bits per heavy atom. The van der Waals surface area contributed by atoms with Crippen molar-refractivity contribution in [2.75, 3.05) is 47.5 Å². The number of phosphoric acid groups is 1. The van der Waals surface area contributed by atoms with Crippen molar-refractivity contribution in [3.8, 4) is 0 Å². The van der Waals surface area contributed by atoms with Crippen LogP contribution in [0, 0.1) is 0 Å². The molecule has 0 aliphatic carbocycles. The summed E-state index contributed by atoms with van der Waals surface area (Å²) in [6.07, 6.45) is 117. The van der Waals surface area contributed by atoms with E-state index < -0.39 is 26.5 Å². The average Bonchev–Trinajstić information content (AvgIpc) is 0.916. The lowest BCUT2D eigenvalue weighted by molar-refractivity contribution is -0.870. The van der Waals surface area contributed by atoms with E-state index in [0.29, 0.717) is 17.4 Å². The number of hydrogen-bond acceptors (Lipinski definition) is 8. The Balaban J connectivity index is 3.93. The minimum absolute atomic E-state index is 0.0323. The number of allylic oxidation sites excluding steroid dienone is 18. The average molecular weight is 1450 g/mol. The fraction of sp³-hybridized carbons (Fsp3) is 0.783. The number of hydrogen-bond donors (Lipinski definition) is 0. The lowest BCUT2D eigenvalue weighted by Gasteiger charge is -2.28. The quantitative estimate of drug-likeness (QED) is 0.0195. The first-order valence-electron chi connectivity index (χ1n) is 43.6. The SMILES string of the molecule is CC/C=C\C/C=C\C/C=C\C/C=C\C/C=C\C/C=C\C/C=C\C/C=C\C/C=C\CCCCCCCCCCCCCCCC(=O)OC(COC(=O)CCCCCCCCCCCCCCCCCCCCCCCCCCCCCCCCCCCCCCC)COP(=O)([O-])OCC[N+](C)(C)C. The van der Waals surface area contributed by atoms with Crippen LogP contribution in [0.1, 0.15) is 412 Å². The molecule has 0 aromatic carbocycles. The molecule has 0 aromatic heterocycles. The second-order valence-corrected chi connectivity index (χ2v) is 31.9. The van der Waals surface area contributed by atoms with Gasteiger partial charge in [-0.15, -0.1) is 0 Å². The van der Waals surface area contributed by atoms with Gasteiger partial charge < -0.3 is 27.9 Å². The van der Waals surface area contributed by atoms with Gasteiger partial charge in [0.25, 0.3) is 7.82 Å². The molecule has 592 valence electrons. The van der Waals surface area contributed by atoms with Gasteiger partial charge >= 0.3 is 11.9 Å². The zero-order chi connectivity index (χ0) is 74.0. The van der Waals surface area contributed by atoms with Crippen molar-refractivity contribution in [3.63, 3.8) is 0 Å². The summed E-state index contributed by atoms with van der Waals surface area (Å²) in [7, 11) is 1.18. The topological polar surface area (TPSA) is 111 Å². The minimum atomic E-state index is -4.65. The van der Waals surface area contributed by atoms with Crippen LogP contribution in [0.25, 0.3) is 0 Å². The molecule has 9 nitrogen and oxygen atoms in total. The van der Waals surface area contributed by atoms with Crippen molar-refractivity contribution in [1.29, 1.82) is 0 Å². The first kappa shape index (κ1) is 98.7. The Bertz CT molecular complexity index is 2100. The molecule has 102 heavy (non-hydrogen) atoms. The molecule has 0 spiro atoms. The van der Waals surface area contributed by atoms with Crippen LogP contribution in [0.5, 0.6) is 0 Å². The lowest BCUT2D eigenvalue weighted by Crippen LogP contribution is -2.37. The van der Waals surface area contributed by atoms with Crippen LogP contribution in [0.3, 0.4) is 0 Å².